The van der Waals surface area contributed by atoms with Gasteiger partial charge in [0.2, 0.25) is 0 Å². The fraction of sp³-hybridized carbons (Fsp3) is 0.500. The fourth-order valence-electron chi connectivity index (χ4n) is 5.80. The van der Waals surface area contributed by atoms with Gasteiger partial charge >= 0.3 is 5.97 Å². The first-order valence-corrected chi connectivity index (χ1v) is 11.6. The van der Waals surface area contributed by atoms with Crippen molar-refractivity contribution in [2.24, 2.45) is 0 Å². The lowest BCUT2D eigenvalue weighted by atomic mass is 9.81. The number of esters is 1. The molecule has 4 bridgehead atoms. The lowest BCUT2D eigenvalue weighted by Crippen LogP contribution is -2.49. The van der Waals surface area contributed by atoms with Crippen LogP contribution in [0, 0.1) is 0 Å². The Bertz CT molecular complexity index is 1020. The Morgan fingerprint density at radius 3 is 2.75 bits per heavy atom. The standard InChI is InChI=1S/C26H31NO5/c1-30-23-10-8-19-21-15-18(14-17-5-3-4-12-27(17)21)32-24(29)11-7-16-6-9-22(28)20(13-16)25(19)26(23)31-2/h6,8-10,13,17-18,21,28H,3-5,7,11-12,14-15H2,1-2H3/t17-,18+,21+/m1/s1. The van der Waals surface area contributed by atoms with E-state index in [2.05, 4.69) is 11.0 Å². The molecule has 170 valence electrons. The predicted octanol–water partition coefficient (Wildman–Crippen LogP) is 4.62. The van der Waals surface area contributed by atoms with Gasteiger partial charge in [0, 0.05) is 42.5 Å². The largest absolute Gasteiger partial charge is 0.507 e. The van der Waals surface area contributed by atoms with Crippen LogP contribution in [-0.4, -0.2) is 48.9 Å². The molecular weight excluding hydrogens is 406 g/mol. The number of carbonyl (C=O) groups is 1. The summed E-state index contributed by atoms with van der Waals surface area (Å²) in [6.07, 6.45) is 5.93. The van der Waals surface area contributed by atoms with Crippen LogP contribution in [0.5, 0.6) is 17.2 Å². The maximum Gasteiger partial charge on any atom is 0.306 e. The summed E-state index contributed by atoms with van der Waals surface area (Å²) in [4.78, 5) is 15.2. The normalized spacial score (nSPS) is 25.4. The van der Waals surface area contributed by atoms with Crippen molar-refractivity contribution in [2.45, 2.75) is 63.1 Å². The maximum absolute atomic E-state index is 12.6. The molecule has 0 aromatic heterocycles. The van der Waals surface area contributed by atoms with Gasteiger partial charge in [-0.3, -0.25) is 9.69 Å². The Morgan fingerprint density at radius 2 is 1.94 bits per heavy atom. The van der Waals surface area contributed by atoms with Gasteiger partial charge < -0.3 is 19.3 Å². The highest BCUT2D eigenvalue weighted by atomic mass is 16.5. The highest BCUT2D eigenvalue weighted by Gasteiger charge is 2.41. The SMILES string of the molecule is COc1ccc2c(c1OC)-c1cc(ccc1O)CCC(=O)O[C@H]1C[C@H]3CCCCN3[C@H]2C1. The van der Waals surface area contributed by atoms with E-state index in [9.17, 15) is 9.90 Å². The third-order valence-electron chi connectivity index (χ3n) is 7.28. The summed E-state index contributed by atoms with van der Waals surface area (Å²) >= 11 is 0. The second kappa shape index (κ2) is 8.66. The average Bonchev–Trinajstić information content (AvgIpc) is 2.81. The molecule has 0 aliphatic carbocycles. The van der Waals surface area contributed by atoms with E-state index in [0.717, 1.165) is 48.1 Å². The molecular formula is C26H31NO5. The number of hydrogen-bond acceptors (Lipinski definition) is 6. The number of benzene rings is 2. The predicted molar refractivity (Wildman–Crippen MR) is 121 cm³/mol. The zero-order chi connectivity index (χ0) is 22.2. The maximum atomic E-state index is 12.6. The van der Waals surface area contributed by atoms with Gasteiger partial charge in [0.15, 0.2) is 11.5 Å². The minimum Gasteiger partial charge on any atom is -0.507 e. The molecule has 0 saturated carbocycles. The Labute approximate surface area is 189 Å². The number of rotatable bonds is 2. The summed E-state index contributed by atoms with van der Waals surface area (Å²) in [6, 6.07) is 10.0. The van der Waals surface area contributed by atoms with Crippen LogP contribution < -0.4 is 9.47 Å². The molecule has 2 aromatic carbocycles. The van der Waals surface area contributed by atoms with Crippen LogP contribution in [0.2, 0.25) is 0 Å². The molecule has 3 atom stereocenters. The summed E-state index contributed by atoms with van der Waals surface area (Å²) in [6.45, 7) is 1.02. The number of piperidine rings is 2. The fourth-order valence-corrected chi connectivity index (χ4v) is 5.80. The number of methoxy groups -OCH3 is 2. The molecule has 3 heterocycles. The number of phenolic OH excluding ortho intramolecular Hbond substituents is 1. The van der Waals surface area contributed by atoms with Gasteiger partial charge in [0.1, 0.15) is 11.9 Å². The Hall–Kier alpha value is -2.73. The molecule has 6 heteroatoms. The lowest BCUT2D eigenvalue weighted by molar-refractivity contribution is -0.154. The van der Waals surface area contributed by atoms with Crippen LogP contribution in [0.1, 0.15) is 55.7 Å². The Kier molecular flexibility index (Phi) is 5.72. The van der Waals surface area contributed by atoms with Crippen LogP contribution in [0.25, 0.3) is 11.1 Å². The zero-order valence-corrected chi connectivity index (χ0v) is 18.8. The summed E-state index contributed by atoms with van der Waals surface area (Å²) in [5.74, 6) is 1.32. The average molecular weight is 438 g/mol. The highest BCUT2D eigenvalue weighted by molar-refractivity contribution is 5.82. The van der Waals surface area contributed by atoms with Crippen molar-refractivity contribution in [3.05, 3.63) is 41.5 Å². The van der Waals surface area contributed by atoms with Crippen LogP contribution in [0.3, 0.4) is 0 Å². The zero-order valence-electron chi connectivity index (χ0n) is 18.8. The number of carbonyl (C=O) groups excluding carboxylic acids is 1. The van der Waals surface area contributed by atoms with E-state index >= 15 is 0 Å². The van der Waals surface area contributed by atoms with Crippen molar-refractivity contribution in [1.29, 1.82) is 0 Å². The first kappa shape index (κ1) is 21.1. The van der Waals surface area contributed by atoms with Crippen molar-refractivity contribution >= 4 is 5.97 Å². The van der Waals surface area contributed by atoms with Crippen molar-refractivity contribution in [3.8, 4) is 28.4 Å². The van der Waals surface area contributed by atoms with Crippen molar-refractivity contribution in [2.75, 3.05) is 20.8 Å². The molecule has 3 aliphatic heterocycles. The summed E-state index contributed by atoms with van der Waals surface area (Å²) < 4.78 is 17.5. The van der Waals surface area contributed by atoms with E-state index in [1.807, 2.05) is 18.2 Å². The molecule has 0 amide bonds. The molecule has 2 aromatic rings. The Balaban J connectivity index is 1.75. The molecule has 6 nitrogen and oxygen atoms in total. The molecule has 0 unspecified atom stereocenters. The van der Waals surface area contributed by atoms with Gasteiger partial charge in [0.25, 0.3) is 0 Å². The van der Waals surface area contributed by atoms with Crippen molar-refractivity contribution in [3.63, 3.8) is 0 Å². The molecule has 2 saturated heterocycles. The van der Waals surface area contributed by atoms with E-state index in [1.165, 1.54) is 12.8 Å². The molecule has 1 N–H and O–H groups in total. The first-order chi connectivity index (χ1) is 15.6. The number of nitrogens with zero attached hydrogens (tertiary/aromatic N) is 1. The minimum absolute atomic E-state index is 0.0733. The second-order valence-electron chi connectivity index (χ2n) is 9.10. The van der Waals surface area contributed by atoms with Gasteiger partial charge in [-0.25, -0.2) is 0 Å². The number of ether oxygens (including phenoxy) is 3. The lowest BCUT2D eigenvalue weighted by Gasteiger charge is -2.48. The number of aryl methyl sites for hydroxylation is 1. The first-order valence-electron chi connectivity index (χ1n) is 11.6. The van der Waals surface area contributed by atoms with E-state index in [1.54, 1.807) is 20.3 Å². The van der Waals surface area contributed by atoms with E-state index < -0.39 is 0 Å². The summed E-state index contributed by atoms with van der Waals surface area (Å²) in [5, 5.41) is 10.9. The smallest absolute Gasteiger partial charge is 0.306 e. The van der Waals surface area contributed by atoms with Gasteiger partial charge in [-0.05, 0) is 55.1 Å². The van der Waals surface area contributed by atoms with Gasteiger partial charge in [0.05, 0.1) is 14.2 Å². The van der Waals surface area contributed by atoms with Crippen molar-refractivity contribution < 1.29 is 24.1 Å². The quantitative estimate of drug-likeness (QED) is 0.692. The van der Waals surface area contributed by atoms with Gasteiger partial charge in [-0.1, -0.05) is 18.6 Å². The van der Waals surface area contributed by atoms with Crippen LogP contribution in [0.15, 0.2) is 30.3 Å². The molecule has 5 rings (SSSR count). The number of fused-ring (bicyclic) bond motifs is 9. The third-order valence-corrected chi connectivity index (χ3v) is 7.28. The van der Waals surface area contributed by atoms with Gasteiger partial charge in [-0.2, -0.15) is 0 Å². The number of aromatic hydroxyl groups is 1. The van der Waals surface area contributed by atoms with Gasteiger partial charge in [-0.15, -0.1) is 0 Å². The van der Waals surface area contributed by atoms with Crippen LogP contribution in [-0.2, 0) is 16.0 Å². The topological polar surface area (TPSA) is 68.2 Å². The van der Waals surface area contributed by atoms with E-state index in [0.29, 0.717) is 30.4 Å². The van der Waals surface area contributed by atoms with Crippen molar-refractivity contribution in [1.82, 2.24) is 4.90 Å². The van der Waals surface area contributed by atoms with E-state index in [-0.39, 0.29) is 23.9 Å². The third kappa shape index (κ3) is 3.71. The molecule has 3 aliphatic rings. The monoisotopic (exact) mass is 437 g/mol. The second-order valence-corrected chi connectivity index (χ2v) is 9.10. The summed E-state index contributed by atoms with van der Waals surface area (Å²) in [5.41, 5.74) is 3.65. The minimum atomic E-state index is -0.138. The summed E-state index contributed by atoms with van der Waals surface area (Å²) in [7, 11) is 3.27. The molecule has 2 fully saturated rings. The highest BCUT2D eigenvalue weighted by Crippen LogP contribution is 2.50. The van der Waals surface area contributed by atoms with Crippen LogP contribution >= 0.6 is 0 Å². The van der Waals surface area contributed by atoms with Crippen LogP contribution in [0.4, 0.5) is 0 Å². The Morgan fingerprint density at radius 1 is 1.06 bits per heavy atom. The number of phenols is 1. The molecule has 32 heavy (non-hydrogen) atoms. The van der Waals surface area contributed by atoms with E-state index in [4.69, 9.17) is 14.2 Å². The number of hydrogen-bond donors (Lipinski definition) is 1. The molecule has 0 radical (unpaired) electrons. The molecule has 0 spiro atoms.